The molecule has 1 aromatic carbocycles. The Morgan fingerprint density at radius 1 is 1.50 bits per heavy atom. The summed E-state index contributed by atoms with van der Waals surface area (Å²) in [6, 6.07) is 7.54. The lowest BCUT2D eigenvalue weighted by Gasteiger charge is -2.16. The summed E-state index contributed by atoms with van der Waals surface area (Å²) in [5.74, 6) is -0.444. The van der Waals surface area contributed by atoms with Crippen LogP contribution in [0.5, 0.6) is 0 Å². The fourth-order valence-corrected chi connectivity index (χ4v) is 3.10. The average Bonchev–Trinajstić information content (AvgIpc) is 2.53. The lowest BCUT2D eigenvalue weighted by molar-refractivity contribution is -0.123. The zero-order valence-corrected chi connectivity index (χ0v) is 11.6. The van der Waals surface area contributed by atoms with Gasteiger partial charge in [-0.3, -0.25) is 14.5 Å². The van der Waals surface area contributed by atoms with E-state index in [2.05, 4.69) is 5.32 Å². The number of rotatable bonds is 2. The maximum atomic E-state index is 12.2. The Hall–Kier alpha value is -1.40. The number of nitrogens with one attached hydrogen (secondary N) is 1. The SMILES string of the molecule is CC(=O)NC1SC(=S)N(c2cccc(C)c2)C1=O. The van der Waals surface area contributed by atoms with Gasteiger partial charge in [-0.25, -0.2) is 0 Å². The minimum Gasteiger partial charge on any atom is -0.336 e. The van der Waals surface area contributed by atoms with Crippen molar-refractivity contribution >= 4 is 45.8 Å². The first-order chi connectivity index (χ1) is 8.49. The maximum absolute atomic E-state index is 12.2. The molecule has 1 atom stereocenters. The second-order valence-electron chi connectivity index (χ2n) is 3.98. The standard InChI is InChI=1S/C12H12N2O2S2/c1-7-4-3-5-9(6-7)14-11(16)10(13-8(2)15)18-12(14)17/h3-6,10H,1-2H3,(H,13,15). The highest BCUT2D eigenvalue weighted by Crippen LogP contribution is 2.31. The molecule has 1 aromatic rings. The lowest BCUT2D eigenvalue weighted by atomic mass is 10.2. The van der Waals surface area contributed by atoms with Gasteiger partial charge in [-0.15, -0.1) is 0 Å². The van der Waals surface area contributed by atoms with E-state index in [4.69, 9.17) is 12.2 Å². The molecule has 0 bridgehead atoms. The molecule has 1 aliphatic heterocycles. The van der Waals surface area contributed by atoms with Crippen molar-refractivity contribution in [2.24, 2.45) is 0 Å². The highest BCUT2D eigenvalue weighted by molar-refractivity contribution is 8.25. The first-order valence-electron chi connectivity index (χ1n) is 5.37. The molecule has 1 heterocycles. The van der Waals surface area contributed by atoms with Gasteiger partial charge in [0.1, 0.15) is 4.32 Å². The Kier molecular flexibility index (Phi) is 3.68. The van der Waals surface area contributed by atoms with Crippen molar-refractivity contribution in [2.45, 2.75) is 19.2 Å². The molecular formula is C12H12N2O2S2. The minimum absolute atomic E-state index is 0.203. The highest BCUT2D eigenvalue weighted by Gasteiger charge is 2.38. The van der Waals surface area contributed by atoms with Gasteiger partial charge in [0.2, 0.25) is 5.91 Å². The summed E-state index contributed by atoms with van der Waals surface area (Å²) >= 11 is 6.38. The van der Waals surface area contributed by atoms with E-state index in [0.29, 0.717) is 4.32 Å². The number of thioether (sulfide) groups is 1. The third-order valence-electron chi connectivity index (χ3n) is 2.44. The van der Waals surface area contributed by atoms with Gasteiger partial charge in [-0.1, -0.05) is 36.1 Å². The topological polar surface area (TPSA) is 49.4 Å². The van der Waals surface area contributed by atoms with Crippen LogP contribution in [0.1, 0.15) is 12.5 Å². The monoisotopic (exact) mass is 280 g/mol. The van der Waals surface area contributed by atoms with Crippen molar-refractivity contribution in [2.75, 3.05) is 4.90 Å². The van der Waals surface area contributed by atoms with Crippen LogP contribution in [0.2, 0.25) is 0 Å². The molecule has 6 heteroatoms. The molecule has 1 aliphatic rings. The summed E-state index contributed by atoms with van der Waals surface area (Å²) in [7, 11) is 0. The van der Waals surface area contributed by atoms with Crippen LogP contribution in [-0.4, -0.2) is 21.5 Å². The Morgan fingerprint density at radius 2 is 2.22 bits per heavy atom. The molecule has 1 N–H and O–H groups in total. The number of aryl methyl sites for hydroxylation is 1. The number of amides is 2. The molecule has 2 rings (SSSR count). The van der Waals surface area contributed by atoms with Crippen LogP contribution >= 0.6 is 24.0 Å². The van der Waals surface area contributed by atoms with E-state index in [0.717, 1.165) is 11.3 Å². The number of carbonyl (C=O) groups excluding carboxylic acids is 2. The Morgan fingerprint density at radius 3 is 2.83 bits per heavy atom. The molecule has 2 amide bonds. The molecule has 4 nitrogen and oxygen atoms in total. The van der Waals surface area contributed by atoms with Crippen molar-refractivity contribution in [3.63, 3.8) is 0 Å². The van der Waals surface area contributed by atoms with E-state index in [9.17, 15) is 9.59 Å². The van der Waals surface area contributed by atoms with Gasteiger partial charge in [0.25, 0.3) is 5.91 Å². The predicted molar refractivity (Wildman–Crippen MR) is 76.5 cm³/mol. The molecule has 0 saturated carbocycles. The minimum atomic E-state index is -0.615. The molecule has 1 fully saturated rings. The zero-order chi connectivity index (χ0) is 13.3. The van der Waals surface area contributed by atoms with Crippen LogP contribution in [0, 0.1) is 6.92 Å². The largest absolute Gasteiger partial charge is 0.336 e. The zero-order valence-electron chi connectivity index (χ0n) is 9.97. The fourth-order valence-electron chi connectivity index (χ4n) is 1.69. The average molecular weight is 280 g/mol. The van der Waals surface area contributed by atoms with Crippen molar-refractivity contribution in [3.8, 4) is 0 Å². The van der Waals surface area contributed by atoms with Crippen LogP contribution < -0.4 is 10.2 Å². The van der Waals surface area contributed by atoms with E-state index < -0.39 is 5.37 Å². The Labute approximate surface area is 115 Å². The van der Waals surface area contributed by atoms with Crippen LogP contribution in [0.25, 0.3) is 0 Å². The number of thiocarbonyl (C=S) groups is 1. The Bertz CT molecular complexity index is 531. The molecule has 0 aromatic heterocycles. The first kappa shape index (κ1) is 13.0. The van der Waals surface area contributed by atoms with Gasteiger partial charge < -0.3 is 5.32 Å². The van der Waals surface area contributed by atoms with Gasteiger partial charge in [0.05, 0.1) is 5.69 Å². The summed E-state index contributed by atoms with van der Waals surface area (Å²) < 4.78 is 0.462. The molecule has 18 heavy (non-hydrogen) atoms. The van der Waals surface area contributed by atoms with Gasteiger partial charge in [0, 0.05) is 6.92 Å². The quantitative estimate of drug-likeness (QED) is 0.840. The second-order valence-corrected chi connectivity index (χ2v) is 5.72. The summed E-state index contributed by atoms with van der Waals surface area (Å²) in [5, 5.41) is 1.97. The summed E-state index contributed by atoms with van der Waals surface area (Å²) in [6.45, 7) is 3.33. The molecule has 94 valence electrons. The van der Waals surface area contributed by atoms with Gasteiger partial charge in [-0.2, -0.15) is 0 Å². The van der Waals surface area contributed by atoms with Gasteiger partial charge >= 0.3 is 0 Å². The molecular weight excluding hydrogens is 268 g/mol. The summed E-state index contributed by atoms with van der Waals surface area (Å²) in [4.78, 5) is 24.6. The lowest BCUT2D eigenvalue weighted by Crippen LogP contribution is -2.40. The Balaban J connectivity index is 2.27. The number of anilines is 1. The first-order valence-corrected chi connectivity index (χ1v) is 6.66. The normalized spacial score (nSPS) is 19.2. The second kappa shape index (κ2) is 5.07. The number of hydrogen-bond donors (Lipinski definition) is 1. The van der Waals surface area contributed by atoms with Crippen LogP contribution in [0.3, 0.4) is 0 Å². The number of carbonyl (C=O) groups is 2. The van der Waals surface area contributed by atoms with E-state index in [-0.39, 0.29) is 11.8 Å². The smallest absolute Gasteiger partial charge is 0.266 e. The van der Waals surface area contributed by atoms with Crippen molar-refractivity contribution in [1.29, 1.82) is 0 Å². The number of hydrogen-bond acceptors (Lipinski definition) is 4. The van der Waals surface area contributed by atoms with Gasteiger partial charge in [0.15, 0.2) is 5.37 Å². The molecule has 1 unspecified atom stereocenters. The van der Waals surface area contributed by atoms with E-state index >= 15 is 0 Å². The van der Waals surface area contributed by atoms with Crippen molar-refractivity contribution in [3.05, 3.63) is 29.8 Å². The number of nitrogens with zero attached hydrogens (tertiary/aromatic N) is 1. The molecule has 0 radical (unpaired) electrons. The molecule has 1 saturated heterocycles. The van der Waals surface area contributed by atoms with Crippen LogP contribution in [0.4, 0.5) is 5.69 Å². The molecule has 0 spiro atoms. The predicted octanol–water partition coefficient (Wildman–Crippen LogP) is 1.82. The fraction of sp³-hybridized carbons (Fsp3) is 0.250. The van der Waals surface area contributed by atoms with Gasteiger partial charge in [-0.05, 0) is 24.6 Å². The maximum Gasteiger partial charge on any atom is 0.266 e. The molecule has 0 aliphatic carbocycles. The highest BCUT2D eigenvalue weighted by atomic mass is 32.2. The summed E-state index contributed by atoms with van der Waals surface area (Å²) in [5.41, 5.74) is 1.79. The van der Waals surface area contributed by atoms with Crippen molar-refractivity contribution in [1.82, 2.24) is 5.32 Å². The van der Waals surface area contributed by atoms with E-state index in [1.165, 1.54) is 23.6 Å². The van der Waals surface area contributed by atoms with Crippen molar-refractivity contribution < 1.29 is 9.59 Å². The number of benzene rings is 1. The van der Waals surface area contributed by atoms with Crippen LogP contribution in [-0.2, 0) is 9.59 Å². The summed E-state index contributed by atoms with van der Waals surface area (Å²) in [6.07, 6.45) is 0. The third kappa shape index (κ3) is 2.54. The van der Waals surface area contributed by atoms with E-state index in [1.807, 2.05) is 31.2 Å². The third-order valence-corrected chi connectivity index (χ3v) is 3.85. The van der Waals surface area contributed by atoms with Crippen LogP contribution in [0.15, 0.2) is 24.3 Å². The van der Waals surface area contributed by atoms with E-state index in [1.54, 1.807) is 0 Å².